The van der Waals surface area contributed by atoms with Crippen LogP contribution in [0.15, 0.2) is 12.2 Å². The second-order valence-electron chi connectivity index (χ2n) is 10.8. The first-order valence-electron chi connectivity index (χ1n) is 14.8. The lowest BCUT2D eigenvalue weighted by atomic mass is 9.95. The lowest BCUT2D eigenvalue weighted by molar-refractivity contribution is -0.935. The van der Waals surface area contributed by atoms with E-state index >= 15 is 0 Å². The fourth-order valence-electron chi connectivity index (χ4n) is 5.21. The van der Waals surface area contributed by atoms with E-state index < -0.39 is 35.7 Å². The van der Waals surface area contributed by atoms with Crippen molar-refractivity contribution < 1.29 is 34.2 Å². The van der Waals surface area contributed by atoms with Gasteiger partial charge in [0.25, 0.3) is 0 Å². The van der Waals surface area contributed by atoms with E-state index in [-0.39, 0.29) is 24.1 Å². The van der Waals surface area contributed by atoms with Crippen LogP contribution < -0.4 is 5.11 Å². The van der Waals surface area contributed by atoms with Crippen molar-refractivity contribution in [3.8, 4) is 0 Å². The summed E-state index contributed by atoms with van der Waals surface area (Å²) in [6.07, 6.45) is 18.5. The first-order chi connectivity index (χ1) is 17.7. The van der Waals surface area contributed by atoms with Crippen molar-refractivity contribution in [1.82, 2.24) is 0 Å². The summed E-state index contributed by atoms with van der Waals surface area (Å²) in [5.74, 6) is -5.02. The van der Waals surface area contributed by atoms with Gasteiger partial charge in [0.05, 0.1) is 32.1 Å². The van der Waals surface area contributed by atoms with Gasteiger partial charge in [0, 0.05) is 12.3 Å². The summed E-state index contributed by atoms with van der Waals surface area (Å²) >= 11 is 0. The summed E-state index contributed by atoms with van der Waals surface area (Å²) in [6, 6.07) is 0. The smallest absolute Gasteiger partial charge is 0.312 e. The van der Waals surface area contributed by atoms with Crippen LogP contribution in [0.4, 0.5) is 0 Å². The highest BCUT2D eigenvalue weighted by Crippen LogP contribution is 2.24. The molecule has 0 aromatic carbocycles. The van der Waals surface area contributed by atoms with Crippen molar-refractivity contribution in [1.29, 1.82) is 0 Å². The summed E-state index contributed by atoms with van der Waals surface area (Å²) in [4.78, 5) is 35.6. The highest BCUT2D eigenvalue weighted by molar-refractivity contribution is 5.70. The minimum absolute atomic E-state index is 0.188. The Morgan fingerprint density at radius 2 is 1.05 bits per heavy atom. The molecule has 0 rings (SSSR count). The lowest BCUT2D eigenvalue weighted by Gasteiger charge is -2.44. The predicted molar refractivity (Wildman–Crippen MR) is 147 cm³/mol. The zero-order chi connectivity index (χ0) is 28.1. The summed E-state index contributed by atoms with van der Waals surface area (Å²) in [5.41, 5.74) is 0. The Morgan fingerprint density at radius 3 is 1.46 bits per heavy atom. The lowest BCUT2D eigenvalue weighted by Crippen LogP contribution is -2.59. The Balaban J connectivity index is 5.23. The molecular formula is C30H55NO6. The molecule has 0 radical (unpaired) electrons. The Kier molecular flexibility index (Phi) is 20.0. The molecule has 0 spiro atoms. The predicted octanol–water partition coefficient (Wildman–Crippen LogP) is 5.67. The molecule has 0 bridgehead atoms. The van der Waals surface area contributed by atoms with Crippen LogP contribution in [0.25, 0.3) is 0 Å². The zero-order valence-electron chi connectivity index (χ0n) is 24.1. The van der Waals surface area contributed by atoms with Crippen molar-refractivity contribution >= 4 is 17.9 Å². The molecule has 0 heterocycles. The second kappa shape index (κ2) is 21.1. The second-order valence-corrected chi connectivity index (χ2v) is 10.8. The van der Waals surface area contributed by atoms with E-state index in [2.05, 4.69) is 19.1 Å². The number of hydrogen-bond acceptors (Lipinski definition) is 4. The van der Waals surface area contributed by atoms with Crippen LogP contribution in [-0.2, 0) is 14.4 Å². The van der Waals surface area contributed by atoms with Crippen LogP contribution in [-0.4, -0.2) is 58.8 Å². The van der Waals surface area contributed by atoms with Crippen molar-refractivity contribution in [3.05, 3.63) is 12.2 Å². The zero-order valence-corrected chi connectivity index (χ0v) is 24.1. The van der Waals surface area contributed by atoms with Gasteiger partial charge < -0.3 is 24.6 Å². The van der Waals surface area contributed by atoms with E-state index in [0.29, 0.717) is 25.8 Å². The number of rotatable bonds is 25. The van der Waals surface area contributed by atoms with Gasteiger partial charge in [-0.15, -0.1) is 0 Å². The van der Waals surface area contributed by atoms with E-state index in [1.807, 2.05) is 13.8 Å². The molecule has 37 heavy (non-hydrogen) atoms. The third-order valence-electron chi connectivity index (χ3n) is 7.73. The van der Waals surface area contributed by atoms with Gasteiger partial charge in [-0.1, -0.05) is 84.8 Å². The molecule has 0 aromatic heterocycles. The molecule has 0 saturated heterocycles. The third-order valence-corrected chi connectivity index (χ3v) is 7.73. The standard InChI is InChI=1S/C30H55NO6/c1-5-9-10-11-12-13-14-15-16-17-18-19-20-21-31(22-25(6-2)28(32)33,23-26(7-3)29(34)35)24-27(8-4)30(36)37/h17-18,25-27H,5-16,19-24H2,1-4H3,(H2-,32,33,34,35,36,37)/b18-17+. The van der Waals surface area contributed by atoms with Gasteiger partial charge in [-0.2, -0.15) is 0 Å². The molecule has 0 aliphatic heterocycles. The normalized spacial score (nSPS) is 15.8. The fourth-order valence-corrected chi connectivity index (χ4v) is 5.21. The van der Waals surface area contributed by atoms with E-state index in [4.69, 9.17) is 0 Å². The van der Waals surface area contributed by atoms with Gasteiger partial charge in [-0.05, 0) is 38.5 Å². The Hall–Kier alpha value is -1.89. The molecular weight excluding hydrogens is 470 g/mol. The number of unbranched alkanes of at least 4 members (excludes halogenated alkanes) is 9. The quantitative estimate of drug-likeness (QED) is 0.0902. The number of carboxylic acid groups (broad SMARTS) is 3. The van der Waals surface area contributed by atoms with Gasteiger partial charge in [0.2, 0.25) is 0 Å². The molecule has 0 saturated carbocycles. The van der Waals surface area contributed by atoms with Crippen LogP contribution in [0, 0.1) is 17.8 Å². The van der Waals surface area contributed by atoms with Crippen LogP contribution in [0.3, 0.4) is 0 Å². The van der Waals surface area contributed by atoms with E-state index in [1.165, 1.54) is 51.4 Å². The largest absolute Gasteiger partial charge is 0.550 e. The van der Waals surface area contributed by atoms with Crippen molar-refractivity contribution in [2.75, 3.05) is 26.2 Å². The van der Waals surface area contributed by atoms with Gasteiger partial charge in [-0.3, -0.25) is 9.59 Å². The average Bonchev–Trinajstić information content (AvgIpc) is 2.86. The Bertz CT molecular complexity index is 603. The molecule has 0 aliphatic rings. The summed E-state index contributed by atoms with van der Waals surface area (Å²) in [5, 5.41) is 31.3. The summed E-state index contributed by atoms with van der Waals surface area (Å²) in [6.45, 7) is 8.87. The minimum Gasteiger partial charge on any atom is -0.550 e. The monoisotopic (exact) mass is 525 g/mol. The Labute approximate surface area is 225 Å². The number of quaternary nitrogens is 1. The van der Waals surface area contributed by atoms with Crippen LogP contribution >= 0.6 is 0 Å². The number of nitrogens with zero attached hydrogens (tertiary/aromatic N) is 1. The Morgan fingerprint density at radius 1 is 0.649 bits per heavy atom. The van der Waals surface area contributed by atoms with Crippen molar-refractivity contribution in [2.45, 2.75) is 118 Å². The number of allylic oxidation sites excluding steroid dienone is 2. The highest BCUT2D eigenvalue weighted by atomic mass is 16.4. The molecule has 3 atom stereocenters. The number of carbonyl (C=O) groups is 3. The molecule has 0 aromatic rings. The average molecular weight is 526 g/mol. The van der Waals surface area contributed by atoms with Crippen molar-refractivity contribution in [2.24, 2.45) is 17.8 Å². The molecule has 0 fully saturated rings. The van der Waals surface area contributed by atoms with Crippen molar-refractivity contribution in [3.63, 3.8) is 0 Å². The van der Waals surface area contributed by atoms with E-state index in [1.54, 1.807) is 6.92 Å². The highest BCUT2D eigenvalue weighted by Gasteiger charge is 2.39. The molecule has 216 valence electrons. The van der Waals surface area contributed by atoms with Gasteiger partial charge in [-0.25, -0.2) is 0 Å². The summed E-state index contributed by atoms with van der Waals surface area (Å²) in [7, 11) is 0. The van der Waals surface area contributed by atoms with Crippen LogP contribution in [0.1, 0.15) is 118 Å². The van der Waals surface area contributed by atoms with E-state index in [9.17, 15) is 29.7 Å². The molecule has 3 unspecified atom stereocenters. The van der Waals surface area contributed by atoms with E-state index in [0.717, 1.165) is 19.3 Å². The molecule has 7 nitrogen and oxygen atoms in total. The molecule has 7 heteroatoms. The van der Waals surface area contributed by atoms with Gasteiger partial charge >= 0.3 is 11.9 Å². The maximum atomic E-state index is 11.9. The minimum atomic E-state index is -1.15. The fraction of sp³-hybridized carbons (Fsp3) is 0.833. The first-order valence-corrected chi connectivity index (χ1v) is 14.8. The number of carbonyl (C=O) groups excluding carboxylic acids is 1. The number of carboxylic acids is 3. The SMILES string of the molecule is CCCCCCCCCC/C=C/CCC[N+](CC(CC)C(=O)[O-])(CC(CC)C(=O)O)CC(CC)C(=O)O. The molecule has 0 amide bonds. The maximum Gasteiger partial charge on any atom is 0.312 e. The number of aliphatic carboxylic acids is 3. The summed E-state index contributed by atoms with van der Waals surface area (Å²) < 4.78 is 0.188. The van der Waals surface area contributed by atoms with Crippen LogP contribution in [0.5, 0.6) is 0 Å². The maximum absolute atomic E-state index is 11.9. The third kappa shape index (κ3) is 15.8. The number of hydrogen-bond donors (Lipinski definition) is 2. The molecule has 2 N–H and O–H groups in total. The topological polar surface area (TPSA) is 115 Å². The van der Waals surface area contributed by atoms with Gasteiger partial charge in [0.15, 0.2) is 0 Å². The van der Waals surface area contributed by atoms with Gasteiger partial charge in [0.1, 0.15) is 11.8 Å². The first kappa shape index (κ1) is 35.1. The van der Waals surface area contributed by atoms with Crippen LogP contribution in [0.2, 0.25) is 0 Å². The molecule has 0 aliphatic carbocycles.